The van der Waals surface area contributed by atoms with E-state index in [-0.39, 0.29) is 5.41 Å². The highest BCUT2D eigenvalue weighted by Crippen LogP contribution is 2.62. The molecule has 0 fully saturated rings. The van der Waals surface area contributed by atoms with Gasteiger partial charge in [0.15, 0.2) is 0 Å². The molecular weight excluding hydrogens is 360 g/mol. The molecule has 2 aliphatic carbocycles. The first-order valence-corrected chi connectivity index (χ1v) is 10.5. The second-order valence-corrected chi connectivity index (χ2v) is 8.17. The van der Waals surface area contributed by atoms with E-state index in [1.165, 1.54) is 50.1 Å². The summed E-state index contributed by atoms with van der Waals surface area (Å²) in [4.78, 5) is 0. The van der Waals surface area contributed by atoms with Gasteiger partial charge < -0.3 is 0 Å². The third kappa shape index (κ3) is 2.01. The molecule has 142 valence electrons. The first-order valence-electron chi connectivity index (χ1n) is 10.5. The average molecular weight is 383 g/mol. The maximum absolute atomic E-state index is 4.27. The lowest BCUT2D eigenvalue weighted by Gasteiger charge is -2.30. The molecule has 1 spiro atoms. The van der Waals surface area contributed by atoms with Crippen LogP contribution in [-0.4, -0.2) is 0 Å². The number of allylic oxidation sites excluding steroid dienone is 3. The van der Waals surface area contributed by atoms with E-state index < -0.39 is 0 Å². The quantitative estimate of drug-likeness (QED) is 0.270. The van der Waals surface area contributed by atoms with Gasteiger partial charge in [0.1, 0.15) is 0 Å². The Morgan fingerprint density at radius 2 is 1.10 bits per heavy atom. The van der Waals surface area contributed by atoms with Crippen molar-refractivity contribution in [3.05, 3.63) is 138 Å². The standard InChI is InChI=1S/C30H22/c1-3-10-20(2)21-17-18-29-25(19-21)24-13-6-9-16-28(24)30(29)26-14-7-4-11-22(26)23-12-5-8-15-27(23)30/h3-19H,2H2,1H3/b10-3-. The van der Waals surface area contributed by atoms with Crippen LogP contribution in [0, 0.1) is 0 Å². The van der Waals surface area contributed by atoms with Crippen LogP contribution in [0.4, 0.5) is 0 Å². The fraction of sp³-hybridized carbons (Fsp3) is 0.0667. The molecule has 4 aromatic rings. The number of fused-ring (bicyclic) bond motifs is 10. The molecule has 0 bridgehead atoms. The molecule has 0 saturated heterocycles. The van der Waals surface area contributed by atoms with Gasteiger partial charge in [-0.15, -0.1) is 0 Å². The van der Waals surface area contributed by atoms with E-state index in [0.29, 0.717) is 0 Å². The van der Waals surface area contributed by atoms with Gasteiger partial charge in [-0.2, -0.15) is 0 Å². The lowest BCUT2D eigenvalue weighted by Crippen LogP contribution is -2.25. The minimum Gasteiger partial charge on any atom is -0.0912 e. The van der Waals surface area contributed by atoms with E-state index >= 15 is 0 Å². The highest BCUT2D eigenvalue weighted by atomic mass is 14.5. The summed E-state index contributed by atoms with van der Waals surface area (Å²) in [6, 6.07) is 33.6. The largest absolute Gasteiger partial charge is 0.0912 e. The maximum atomic E-state index is 4.27. The van der Waals surface area contributed by atoms with Crippen LogP contribution < -0.4 is 0 Å². The molecule has 0 unspecified atom stereocenters. The summed E-state index contributed by atoms with van der Waals surface area (Å²) < 4.78 is 0. The van der Waals surface area contributed by atoms with Crippen molar-refractivity contribution < 1.29 is 0 Å². The second-order valence-electron chi connectivity index (χ2n) is 8.17. The summed E-state index contributed by atoms with van der Waals surface area (Å²) in [5, 5.41) is 0. The Kier molecular flexibility index (Phi) is 3.55. The van der Waals surface area contributed by atoms with E-state index in [4.69, 9.17) is 0 Å². The molecule has 0 heteroatoms. The zero-order valence-electron chi connectivity index (χ0n) is 17.0. The molecule has 0 radical (unpaired) electrons. The van der Waals surface area contributed by atoms with Crippen LogP contribution in [0.1, 0.15) is 34.7 Å². The van der Waals surface area contributed by atoms with Crippen molar-refractivity contribution in [3.8, 4) is 22.3 Å². The van der Waals surface area contributed by atoms with Gasteiger partial charge in [0.2, 0.25) is 0 Å². The summed E-state index contributed by atoms with van der Waals surface area (Å²) in [7, 11) is 0. The van der Waals surface area contributed by atoms with Gasteiger partial charge in [-0.3, -0.25) is 0 Å². The number of hydrogen-bond acceptors (Lipinski definition) is 0. The Labute approximate surface area is 177 Å². The van der Waals surface area contributed by atoms with Crippen LogP contribution in [0.5, 0.6) is 0 Å². The molecule has 0 aliphatic heterocycles. The molecule has 0 aromatic heterocycles. The van der Waals surface area contributed by atoms with Gasteiger partial charge in [0.05, 0.1) is 5.41 Å². The van der Waals surface area contributed by atoms with E-state index in [1.807, 2.05) is 6.92 Å². The van der Waals surface area contributed by atoms with E-state index in [1.54, 1.807) is 0 Å². The van der Waals surface area contributed by atoms with Crippen molar-refractivity contribution in [3.63, 3.8) is 0 Å². The number of benzene rings is 4. The maximum Gasteiger partial charge on any atom is 0.0725 e. The predicted octanol–water partition coefficient (Wildman–Crippen LogP) is 7.62. The highest BCUT2D eigenvalue weighted by Gasteiger charge is 2.51. The van der Waals surface area contributed by atoms with Crippen LogP contribution in [0.3, 0.4) is 0 Å². The monoisotopic (exact) mass is 382 g/mol. The van der Waals surface area contributed by atoms with Crippen molar-refractivity contribution in [1.29, 1.82) is 0 Å². The summed E-state index contributed by atoms with van der Waals surface area (Å²) in [6.07, 6.45) is 4.13. The van der Waals surface area contributed by atoms with Crippen LogP contribution in [-0.2, 0) is 5.41 Å². The Morgan fingerprint density at radius 3 is 1.63 bits per heavy atom. The topological polar surface area (TPSA) is 0 Å². The van der Waals surface area contributed by atoms with Crippen LogP contribution in [0.2, 0.25) is 0 Å². The third-order valence-electron chi connectivity index (χ3n) is 6.74. The van der Waals surface area contributed by atoms with Crippen LogP contribution >= 0.6 is 0 Å². The SMILES string of the molecule is C=C(/C=C\C)c1ccc2c(c1)-c1ccccc1C21c2ccccc2-c2ccccc21. The Hall–Kier alpha value is -3.64. The molecule has 2 aliphatic rings. The molecule has 0 saturated carbocycles. The summed E-state index contributed by atoms with van der Waals surface area (Å²) in [6.45, 7) is 6.31. The molecular formula is C30H22. The molecule has 0 atom stereocenters. The summed E-state index contributed by atoms with van der Waals surface area (Å²) in [5.41, 5.74) is 12.8. The van der Waals surface area contributed by atoms with Gasteiger partial charge in [-0.25, -0.2) is 0 Å². The lowest BCUT2D eigenvalue weighted by atomic mass is 9.70. The fourth-order valence-corrected chi connectivity index (χ4v) is 5.60. The summed E-state index contributed by atoms with van der Waals surface area (Å²) in [5.74, 6) is 0. The van der Waals surface area contributed by atoms with Gasteiger partial charge >= 0.3 is 0 Å². The van der Waals surface area contributed by atoms with Crippen molar-refractivity contribution in [1.82, 2.24) is 0 Å². The molecule has 6 rings (SSSR count). The average Bonchev–Trinajstić information content (AvgIpc) is 3.26. The van der Waals surface area contributed by atoms with Crippen LogP contribution in [0.15, 0.2) is 110 Å². The zero-order chi connectivity index (χ0) is 20.3. The number of hydrogen-bond donors (Lipinski definition) is 0. The van der Waals surface area contributed by atoms with Crippen molar-refractivity contribution in [2.24, 2.45) is 0 Å². The van der Waals surface area contributed by atoms with Crippen molar-refractivity contribution >= 4 is 5.57 Å². The van der Waals surface area contributed by atoms with Gasteiger partial charge in [-0.05, 0) is 68.6 Å². The van der Waals surface area contributed by atoms with Gasteiger partial charge in [0, 0.05) is 0 Å². The van der Waals surface area contributed by atoms with Gasteiger partial charge in [-0.1, -0.05) is 104 Å². The zero-order valence-corrected chi connectivity index (χ0v) is 17.0. The highest BCUT2D eigenvalue weighted by molar-refractivity contribution is 5.95. The van der Waals surface area contributed by atoms with Crippen molar-refractivity contribution in [2.45, 2.75) is 12.3 Å². The molecule has 4 aromatic carbocycles. The molecule has 0 heterocycles. The Morgan fingerprint density at radius 1 is 0.633 bits per heavy atom. The van der Waals surface area contributed by atoms with Crippen molar-refractivity contribution in [2.75, 3.05) is 0 Å². The Bertz CT molecular complexity index is 1320. The first-order chi connectivity index (χ1) is 14.8. The first kappa shape index (κ1) is 17.2. The van der Waals surface area contributed by atoms with Gasteiger partial charge in [0.25, 0.3) is 0 Å². The molecule has 30 heavy (non-hydrogen) atoms. The lowest BCUT2D eigenvalue weighted by molar-refractivity contribution is 0.793. The van der Waals surface area contributed by atoms with E-state index in [0.717, 1.165) is 5.57 Å². The van der Waals surface area contributed by atoms with E-state index in [9.17, 15) is 0 Å². The number of rotatable bonds is 2. The predicted molar refractivity (Wildman–Crippen MR) is 127 cm³/mol. The van der Waals surface area contributed by atoms with E-state index in [2.05, 4.69) is 110 Å². The third-order valence-corrected chi connectivity index (χ3v) is 6.74. The van der Waals surface area contributed by atoms with Crippen LogP contribution in [0.25, 0.3) is 27.8 Å². The minimum absolute atomic E-state index is 0.250. The molecule has 0 N–H and O–H groups in total. The smallest absolute Gasteiger partial charge is 0.0725 e. The Balaban J connectivity index is 1.75. The molecule has 0 amide bonds. The fourth-order valence-electron chi connectivity index (χ4n) is 5.60. The summed E-state index contributed by atoms with van der Waals surface area (Å²) >= 11 is 0. The second kappa shape index (κ2) is 6.18. The minimum atomic E-state index is -0.250. The normalized spacial score (nSPS) is 14.4. The molecule has 0 nitrogen and oxygen atoms in total.